The fourth-order valence-electron chi connectivity index (χ4n) is 4.49. The third-order valence-electron chi connectivity index (χ3n) is 6.08. The minimum atomic E-state index is -0.237. The number of nitrogens with one attached hydrogen (secondary N) is 1. The van der Waals surface area contributed by atoms with Crippen LogP contribution in [0.15, 0.2) is 66.9 Å². The average molecular weight is 430 g/mol. The van der Waals surface area contributed by atoms with Crippen molar-refractivity contribution in [3.8, 4) is 0 Å². The number of carbonyl (C=O) groups is 1. The van der Waals surface area contributed by atoms with Gasteiger partial charge >= 0.3 is 0 Å². The van der Waals surface area contributed by atoms with E-state index in [1.165, 1.54) is 49.1 Å². The van der Waals surface area contributed by atoms with Crippen molar-refractivity contribution in [1.29, 1.82) is 0 Å². The highest BCUT2D eigenvalue weighted by Crippen LogP contribution is 2.32. The Morgan fingerprint density at radius 1 is 1.03 bits per heavy atom. The Hall–Kier alpha value is -3.11. The lowest BCUT2D eigenvalue weighted by Gasteiger charge is -2.24. The number of carbonyl (C=O) groups excluding carboxylic acids is 1. The van der Waals surface area contributed by atoms with Crippen molar-refractivity contribution in [2.24, 2.45) is 0 Å². The van der Waals surface area contributed by atoms with Gasteiger partial charge in [0.1, 0.15) is 0 Å². The van der Waals surface area contributed by atoms with E-state index >= 15 is 0 Å². The topological polar surface area (TPSA) is 46.9 Å². The smallest absolute Gasteiger partial charge is 0.248 e. The number of nitrogens with zero attached hydrogens (tertiary/aromatic N) is 2. The van der Waals surface area contributed by atoms with Gasteiger partial charge in [0.25, 0.3) is 0 Å². The number of anilines is 1. The van der Waals surface area contributed by atoms with Gasteiger partial charge in [-0.15, -0.1) is 0 Å². The Balaban J connectivity index is 1.32. The van der Waals surface area contributed by atoms with E-state index in [0.29, 0.717) is 11.7 Å². The molecule has 0 atom stereocenters. The van der Waals surface area contributed by atoms with Crippen molar-refractivity contribution in [2.75, 3.05) is 5.32 Å². The summed E-state index contributed by atoms with van der Waals surface area (Å²) in [5, 5.41) is 5.25. The molecule has 2 aromatic heterocycles. The third-order valence-corrected chi connectivity index (χ3v) is 6.36. The summed E-state index contributed by atoms with van der Waals surface area (Å²) in [6, 6.07) is 18.7. The molecule has 1 N–H and O–H groups in total. The van der Waals surface area contributed by atoms with Crippen molar-refractivity contribution < 1.29 is 4.79 Å². The Labute approximate surface area is 186 Å². The van der Waals surface area contributed by atoms with Crippen LogP contribution in [0.5, 0.6) is 0 Å². The molecule has 1 saturated carbocycles. The minimum absolute atomic E-state index is 0.237. The number of pyridine rings is 1. The maximum absolute atomic E-state index is 12.5. The number of aromatic nitrogens is 2. The molecule has 0 spiro atoms. The van der Waals surface area contributed by atoms with E-state index in [0.717, 1.165) is 16.5 Å². The van der Waals surface area contributed by atoms with Crippen LogP contribution < -0.4 is 5.32 Å². The van der Waals surface area contributed by atoms with E-state index in [-0.39, 0.29) is 11.1 Å². The van der Waals surface area contributed by atoms with Crippen LogP contribution in [0.25, 0.3) is 27.9 Å². The molecular weight excluding hydrogens is 406 g/mol. The SMILES string of the molecule is O=C(/C=C\c1ccc2c(ccn2C2CCCCC2)c1)Nc1cc2ccccc2nc1Cl. The molecule has 4 nitrogen and oxygen atoms in total. The Bertz CT molecular complexity index is 1280. The summed E-state index contributed by atoms with van der Waals surface area (Å²) in [5.41, 5.74) is 3.57. The van der Waals surface area contributed by atoms with Gasteiger partial charge in [0.2, 0.25) is 5.91 Å². The monoisotopic (exact) mass is 429 g/mol. The van der Waals surface area contributed by atoms with Gasteiger partial charge < -0.3 is 9.88 Å². The molecule has 1 aliphatic carbocycles. The average Bonchev–Trinajstić information content (AvgIpc) is 3.22. The lowest BCUT2D eigenvalue weighted by Crippen LogP contribution is -2.11. The van der Waals surface area contributed by atoms with Gasteiger partial charge in [-0.05, 0) is 54.8 Å². The molecule has 1 aliphatic rings. The zero-order chi connectivity index (χ0) is 21.2. The Morgan fingerprint density at radius 3 is 2.74 bits per heavy atom. The highest BCUT2D eigenvalue weighted by molar-refractivity contribution is 6.33. The number of rotatable bonds is 4. The van der Waals surface area contributed by atoms with Gasteiger partial charge in [-0.1, -0.05) is 55.1 Å². The Morgan fingerprint density at radius 2 is 1.87 bits per heavy atom. The molecule has 0 bridgehead atoms. The number of hydrogen-bond donors (Lipinski definition) is 1. The summed E-state index contributed by atoms with van der Waals surface area (Å²) in [4.78, 5) is 16.8. The van der Waals surface area contributed by atoms with Gasteiger partial charge in [0.15, 0.2) is 5.15 Å². The summed E-state index contributed by atoms with van der Waals surface area (Å²) in [6.45, 7) is 0. The summed E-state index contributed by atoms with van der Waals surface area (Å²) in [5.74, 6) is -0.237. The van der Waals surface area contributed by atoms with Crippen LogP contribution in [0.3, 0.4) is 0 Å². The first-order valence-corrected chi connectivity index (χ1v) is 11.2. The lowest BCUT2D eigenvalue weighted by molar-refractivity contribution is -0.111. The predicted octanol–water partition coefficient (Wildman–Crippen LogP) is 7.00. The summed E-state index contributed by atoms with van der Waals surface area (Å²) in [7, 11) is 0. The molecule has 1 amide bonds. The van der Waals surface area contributed by atoms with Crippen LogP contribution in [-0.4, -0.2) is 15.5 Å². The number of fused-ring (bicyclic) bond motifs is 2. The molecule has 31 heavy (non-hydrogen) atoms. The molecule has 0 unspecified atom stereocenters. The van der Waals surface area contributed by atoms with E-state index in [1.54, 1.807) is 0 Å². The number of amides is 1. The van der Waals surface area contributed by atoms with E-state index in [4.69, 9.17) is 11.6 Å². The number of hydrogen-bond acceptors (Lipinski definition) is 2. The summed E-state index contributed by atoms with van der Waals surface area (Å²) in [6.07, 6.45) is 12.1. The van der Waals surface area contributed by atoms with Crippen LogP contribution in [0.2, 0.25) is 5.15 Å². The predicted molar refractivity (Wildman–Crippen MR) is 128 cm³/mol. The normalized spacial score (nSPS) is 15.1. The molecule has 156 valence electrons. The second-order valence-corrected chi connectivity index (χ2v) is 8.53. The standard InChI is InChI=1S/C26H24ClN3O/c27-26-23(17-19-6-4-5-9-22(19)29-26)28-25(31)13-11-18-10-12-24-20(16-18)14-15-30(24)21-7-2-1-3-8-21/h4-6,9-17,21H,1-3,7-8H2,(H,28,31)/b13-11-. The number of halogens is 1. The summed E-state index contributed by atoms with van der Waals surface area (Å²) >= 11 is 6.24. The van der Waals surface area contributed by atoms with Gasteiger partial charge in [-0.25, -0.2) is 4.98 Å². The first-order valence-electron chi connectivity index (χ1n) is 10.8. The van der Waals surface area contributed by atoms with Crippen LogP contribution >= 0.6 is 11.6 Å². The molecule has 2 heterocycles. The minimum Gasteiger partial charge on any atom is -0.344 e. The van der Waals surface area contributed by atoms with E-state index < -0.39 is 0 Å². The van der Waals surface area contributed by atoms with Crippen molar-refractivity contribution in [3.05, 3.63) is 77.6 Å². The van der Waals surface area contributed by atoms with Gasteiger partial charge in [-0.3, -0.25) is 4.79 Å². The van der Waals surface area contributed by atoms with Crippen molar-refractivity contribution in [2.45, 2.75) is 38.1 Å². The zero-order valence-electron chi connectivity index (χ0n) is 17.2. The van der Waals surface area contributed by atoms with E-state index in [1.807, 2.05) is 36.4 Å². The molecule has 5 heteroatoms. The van der Waals surface area contributed by atoms with Crippen LogP contribution in [0.4, 0.5) is 5.69 Å². The van der Waals surface area contributed by atoms with Crippen molar-refractivity contribution in [3.63, 3.8) is 0 Å². The molecular formula is C26H24ClN3O. The molecule has 0 aliphatic heterocycles. The Kier molecular flexibility index (Phi) is 5.47. The van der Waals surface area contributed by atoms with Crippen LogP contribution in [0.1, 0.15) is 43.7 Å². The maximum atomic E-state index is 12.5. The maximum Gasteiger partial charge on any atom is 0.248 e. The van der Waals surface area contributed by atoms with Crippen molar-refractivity contribution in [1.82, 2.24) is 9.55 Å². The number of benzene rings is 2. The first-order chi connectivity index (χ1) is 15.2. The number of para-hydroxylation sites is 1. The van der Waals surface area contributed by atoms with Gasteiger partial charge in [-0.2, -0.15) is 0 Å². The second kappa shape index (κ2) is 8.56. The lowest BCUT2D eigenvalue weighted by atomic mass is 9.95. The zero-order valence-corrected chi connectivity index (χ0v) is 18.0. The highest BCUT2D eigenvalue weighted by atomic mass is 35.5. The first kappa shape index (κ1) is 19.8. The fourth-order valence-corrected chi connectivity index (χ4v) is 4.68. The summed E-state index contributed by atoms with van der Waals surface area (Å²) < 4.78 is 2.42. The molecule has 5 rings (SSSR count). The quantitative estimate of drug-likeness (QED) is 0.280. The molecule has 0 radical (unpaired) electrons. The highest BCUT2D eigenvalue weighted by Gasteiger charge is 2.16. The second-order valence-electron chi connectivity index (χ2n) is 8.18. The van der Waals surface area contributed by atoms with Crippen molar-refractivity contribution >= 4 is 51.1 Å². The third kappa shape index (κ3) is 4.21. The fraction of sp³-hybridized carbons (Fsp3) is 0.231. The molecule has 2 aromatic carbocycles. The van der Waals surface area contributed by atoms with E-state index in [9.17, 15) is 4.79 Å². The van der Waals surface area contributed by atoms with Gasteiger partial charge in [0, 0.05) is 34.6 Å². The van der Waals surface area contributed by atoms with Crippen LogP contribution in [0, 0.1) is 0 Å². The largest absolute Gasteiger partial charge is 0.344 e. The molecule has 0 saturated heterocycles. The van der Waals surface area contributed by atoms with Crippen LogP contribution in [-0.2, 0) is 4.79 Å². The van der Waals surface area contributed by atoms with Gasteiger partial charge in [0.05, 0.1) is 11.2 Å². The molecule has 4 aromatic rings. The van der Waals surface area contributed by atoms with E-state index in [2.05, 4.69) is 45.3 Å². The molecule has 1 fully saturated rings.